The van der Waals surface area contributed by atoms with E-state index < -0.39 is 23.1 Å². The van der Waals surface area contributed by atoms with Crippen molar-refractivity contribution in [2.75, 3.05) is 5.73 Å². The van der Waals surface area contributed by atoms with Gasteiger partial charge in [0.2, 0.25) is 0 Å². The Kier molecular flexibility index (Phi) is 4.35. The van der Waals surface area contributed by atoms with E-state index in [2.05, 4.69) is 15.0 Å². The van der Waals surface area contributed by atoms with Crippen molar-refractivity contribution in [2.45, 2.75) is 25.4 Å². The third kappa shape index (κ3) is 3.34. The summed E-state index contributed by atoms with van der Waals surface area (Å²) in [6.07, 6.45) is 1.38. The van der Waals surface area contributed by atoms with Gasteiger partial charge in [0.25, 0.3) is 0 Å². The zero-order chi connectivity index (χ0) is 21.0. The van der Waals surface area contributed by atoms with Gasteiger partial charge in [0, 0.05) is 18.0 Å². The Morgan fingerprint density at radius 3 is 2.59 bits per heavy atom. The van der Waals surface area contributed by atoms with Gasteiger partial charge in [0.1, 0.15) is 27.8 Å². The second kappa shape index (κ2) is 6.53. The van der Waals surface area contributed by atoms with Crippen molar-refractivity contribution in [1.82, 2.24) is 15.0 Å². The number of furan rings is 1. The predicted octanol–water partition coefficient (Wildman–Crippen LogP) is 4.44. The first-order valence-electron chi connectivity index (χ1n) is 8.47. The lowest BCUT2D eigenvalue weighted by atomic mass is 9.99. The Morgan fingerprint density at radius 1 is 1.17 bits per heavy atom. The molecule has 0 amide bonds. The van der Waals surface area contributed by atoms with Crippen LogP contribution in [-0.4, -0.2) is 20.1 Å². The third-order valence-electron chi connectivity index (χ3n) is 4.38. The number of hydrogen-bond acceptors (Lipinski definition) is 7. The molecule has 4 aromatic heterocycles. The number of aromatic nitrogens is 3. The average Bonchev–Trinajstić information content (AvgIpc) is 3.29. The molecule has 0 aliphatic rings. The Bertz CT molecular complexity index is 1210. The number of pyridine rings is 1. The molecule has 4 rings (SSSR count). The normalized spacial score (nSPS) is 14.3. The molecule has 0 bridgehead atoms. The third-order valence-corrected chi connectivity index (χ3v) is 5.62. The zero-order valence-corrected chi connectivity index (χ0v) is 16.1. The Labute approximate surface area is 166 Å². The number of anilines is 1. The quantitative estimate of drug-likeness (QED) is 0.507. The second-order valence-corrected chi connectivity index (χ2v) is 7.75. The van der Waals surface area contributed by atoms with Gasteiger partial charge in [-0.1, -0.05) is 0 Å². The number of nitrogens with zero attached hydrogens (tertiary/aromatic N) is 3. The molecule has 3 N–H and O–H groups in total. The van der Waals surface area contributed by atoms with E-state index in [1.807, 2.05) is 0 Å². The minimum atomic E-state index is -3.14. The van der Waals surface area contributed by atoms with E-state index in [0.29, 0.717) is 15.1 Å². The predicted molar refractivity (Wildman–Crippen MR) is 102 cm³/mol. The number of nitrogen functional groups attached to an aromatic ring is 1. The van der Waals surface area contributed by atoms with Gasteiger partial charge in [0.15, 0.2) is 17.3 Å². The molecule has 1 atom stereocenters. The highest BCUT2D eigenvalue weighted by atomic mass is 32.1. The van der Waals surface area contributed by atoms with Crippen LogP contribution in [0, 0.1) is 5.82 Å². The highest BCUT2D eigenvalue weighted by Crippen LogP contribution is 2.39. The Morgan fingerprint density at radius 2 is 1.93 bits per heavy atom. The van der Waals surface area contributed by atoms with E-state index in [9.17, 15) is 18.3 Å². The largest absolute Gasteiger partial charge is 0.451 e. The molecule has 0 saturated carbocycles. The summed E-state index contributed by atoms with van der Waals surface area (Å²) in [7, 11) is 0. The maximum Gasteiger partial charge on any atom is 0.301 e. The number of alkyl halides is 2. The minimum Gasteiger partial charge on any atom is -0.451 e. The number of fused-ring (bicyclic) bond motifs is 1. The molecule has 4 aromatic rings. The number of rotatable bonds is 4. The number of hydrogen-bond donors (Lipinski definition) is 2. The Hall–Kier alpha value is -2.98. The summed E-state index contributed by atoms with van der Waals surface area (Å²) in [6, 6.07) is 6.66. The molecule has 6 nitrogen and oxygen atoms in total. The van der Waals surface area contributed by atoms with Crippen LogP contribution in [0.3, 0.4) is 0 Å². The first-order valence-corrected chi connectivity index (χ1v) is 9.28. The number of thiophene rings is 1. The maximum atomic E-state index is 14.1. The van der Waals surface area contributed by atoms with E-state index >= 15 is 0 Å². The van der Waals surface area contributed by atoms with Crippen molar-refractivity contribution < 1.29 is 22.7 Å². The van der Waals surface area contributed by atoms with Gasteiger partial charge in [-0.3, -0.25) is 4.98 Å². The van der Waals surface area contributed by atoms with Crippen LogP contribution in [0.5, 0.6) is 0 Å². The SMILES string of the molecule is CC(F)(F)c1ccc(-c2nc(N)c3cc(C(C)(O)c4ncccc4F)sc3n2)o1. The Balaban J connectivity index is 1.80. The maximum absolute atomic E-state index is 14.1. The van der Waals surface area contributed by atoms with Gasteiger partial charge < -0.3 is 15.3 Å². The fourth-order valence-electron chi connectivity index (χ4n) is 2.85. The van der Waals surface area contributed by atoms with Gasteiger partial charge in [-0.25, -0.2) is 14.4 Å². The molecule has 0 aliphatic carbocycles. The zero-order valence-electron chi connectivity index (χ0n) is 15.3. The second-order valence-electron chi connectivity index (χ2n) is 6.72. The summed E-state index contributed by atoms with van der Waals surface area (Å²) in [6.45, 7) is 2.13. The van der Waals surface area contributed by atoms with Crippen LogP contribution in [0.25, 0.3) is 21.8 Å². The van der Waals surface area contributed by atoms with Gasteiger partial charge in [0.05, 0.1) is 5.39 Å². The summed E-state index contributed by atoms with van der Waals surface area (Å²) < 4.78 is 46.2. The van der Waals surface area contributed by atoms with Crippen LogP contribution < -0.4 is 5.73 Å². The molecule has 0 fully saturated rings. The van der Waals surface area contributed by atoms with Gasteiger partial charge in [-0.15, -0.1) is 11.3 Å². The fourth-order valence-corrected chi connectivity index (χ4v) is 3.93. The molecule has 150 valence electrons. The first-order chi connectivity index (χ1) is 13.6. The number of aliphatic hydroxyl groups is 1. The van der Waals surface area contributed by atoms with E-state index in [4.69, 9.17) is 10.2 Å². The summed E-state index contributed by atoms with van der Waals surface area (Å²) in [5.74, 6) is -4.18. The fraction of sp³-hybridized carbons (Fsp3) is 0.211. The van der Waals surface area contributed by atoms with E-state index in [1.165, 1.54) is 31.3 Å². The molecule has 0 aliphatic heterocycles. The molecule has 29 heavy (non-hydrogen) atoms. The van der Waals surface area contributed by atoms with Crippen LogP contribution in [0.2, 0.25) is 0 Å². The van der Waals surface area contributed by atoms with Crippen LogP contribution in [0.15, 0.2) is 40.9 Å². The lowest BCUT2D eigenvalue weighted by Crippen LogP contribution is -2.24. The van der Waals surface area contributed by atoms with Crippen molar-refractivity contribution in [3.8, 4) is 11.6 Å². The molecular weight excluding hydrogens is 405 g/mol. The summed E-state index contributed by atoms with van der Waals surface area (Å²) in [4.78, 5) is 13.1. The topological polar surface area (TPSA) is 98.1 Å². The monoisotopic (exact) mass is 420 g/mol. The highest BCUT2D eigenvalue weighted by molar-refractivity contribution is 7.18. The smallest absolute Gasteiger partial charge is 0.301 e. The summed E-state index contributed by atoms with van der Waals surface area (Å²) >= 11 is 1.07. The van der Waals surface area contributed by atoms with Gasteiger partial charge in [-0.2, -0.15) is 8.78 Å². The van der Waals surface area contributed by atoms with Gasteiger partial charge in [-0.05, 0) is 37.3 Å². The van der Waals surface area contributed by atoms with Crippen molar-refractivity contribution in [2.24, 2.45) is 0 Å². The minimum absolute atomic E-state index is 0.0301. The molecule has 1 unspecified atom stereocenters. The van der Waals surface area contributed by atoms with Crippen LogP contribution >= 0.6 is 11.3 Å². The molecule has 0 aromatic carbocycles. The number of halogens is 3. The molecular formula is C19H15F3N4O2S. The first kappa shape index (κ1) is 19.3. The molecule has 4 heterocycles. The number of nitrogens with two attached hydrogens (primary N) is 1. The van der Waals surface area contributed by atoms with Crippen LogP contribution in [0.4, 0.5) is 19.0 Å². The van der Waals surface area contributed by atoms with Crippen molar-refractivity contribution >= 4 is 27.4 Å². The van der Waals surface area contributed by atoms with Crippen molar-refractivity contribution in [3.63, 3.8) is 0 Å². The summed E-state index contributed by atoms with van der Waals surface area (Å²) in [5, 5.41) is 11.4. The van der Waals surface area contributed by atoms with Crippen LogP contribution in [-0.2, 0) is 11.5 Å². The van der Waals surface area contributed by atoms with E-state index in [0.717, 1.165) is 24.3 Å². The van der Waals surface area contributed by atoms with Crippen molar-refractivity contribution in [1.29, 1.82) is 0 Å². The van der Waals surface area contributed by atoms with Crippen molar-refractivity contribution in [3.05, 3.63) is 58.7 Å². The van der Waals surface area contributed by atoms with E-state index in [-0.39, 0.29) is 23.1 Å². The summed E-state index contributed by atoms with van der Waals surface area (Å²) in [5.41, 5.74) is 4.14. The standard InChI is InChI=1S/C19H15F3N4O2S/c1-18(27,14-10(20)4-3-7-24-14)13-8-9-15(23)25-16(26-17(9)29-13)11-5-6-12(28-11)19(2,21)22/h3-8,27H,1-2H3,(H2,23,25,26). The average molecular weight is 420 g/mol. The molecule has 0 radical (unpaired) electrons. The molecule has 10 heteroatoms. The van der Waals surface area contributed by atoms with E-state index in [1.54, 1.807) is 6.07 Å². The molecule has 0 spiro atoms. The van der Waals surface area contributed by atoms with Gasteiger partial charge >= 0.3 is 5.92 Å². The lowest BCUT2D eigenvalue weighted by molar-refractivity contribution is -0.00473. The molecule has 0 saturated heterocycles. The van der Waals surface area contributed by atoms with Crippen LogP contribution in [0.1, 0.15) is 30.2 Å². The highest BCUT2D eigenvalue weighted by Gasteiger charge is 2.33. The lowest BCUT2D eigenvalue weighted by Gasteiger charge is -2.21.